The maximum Gasteiger partial charge on any atom is 0.182 e. The molecule has 0 unspecified atom stereocenters. The Balaban J connectivity index is 2.16. The van der Waals surface area contributed by atoms with Crippen molar-refractivity contribution < 1.29 is 0 Å². The average Bonchev–Trinajstić information content (AvgIpc) is 2.04. The lowest BCUT2D eigenvalue weighted by molar-refractivity contribution is 0.644. The Hall–Kier alpha value is -0.640. The molecule has 1 heterocycles. The Kier molecular flexibility index (Phi) is 1.77. The van der Waals surface area contributed by atoms with Gasteiger partial charge in [-0.15, -0.1) is 0 Å². The van der Waals surface area contributed by atoms with Crippen molar-refractivity contribution in [1.29, 1.82) is 0 Å². The van der Waals surface area contributed by atoms with Gasteiger partial charge in [0, 0.05) is 10.6 Å². The van der Waals surface area contributed by atoms with E-state index in [1.807, 2.05) is 0 Å². The third-order valence-corrected chi connectivity index (χ3v) is 2.94. The summed E-state index contributed by atoms with van der Waals surface area (Å²) >= 11 is 1.62. The predicted molar refractivity (Wildman–Crippen MR) is 47.8 cm³/mol. The molecule has 4 heteroatoms. The van der Waals surface area contributed by atoms with E-state index in [9.17, 15) is 0 Å². The minimum atomic E-state index is 0.644. The van der Waals surface area contributed by atoms with Crippen LogP contribution in [-0.4, -0.2) is 5.17 Å². The Labute approximate surface area is 70.1 Å². The fourth-order valence-electron chi connectivity index (χ4n) is 1.38. The summed E-state index contributed by atoms with van der Waals surface area (Å²) < 4.78 is 0. The second-order valence-electron chi connectivity index (χ2n) is 2.77. The van der Waals surface area contributed by atoms with Gasteiger partial charge in [0.25, 0.3) is 0 Å². The van der Waals surface area contributed by atoms with Crippen LogP contribution in [0.1, 0.15) is 25.7 Å². The monoisotopic (exact) mass is 169 g/mol. The number of thioether (sulfide) groups is 1. The molecule has 60 valence electrons. The molecule has 1 aliphatic carbocycles. The zero-order valence-electron chi connectivity index (χ0n) is 6.26. The summed E-state index contributed by atoms with van der Waals surface area (Å²) in [7, 11) is 0. The van der Waals surface area contributed by atoms with Crippen LogP contribution in [0.3, 0.4) is 0 Å². The second-order valence-corrected chi connectivity index (χ2v) is 3.89. The third kappa shape index (κ3) is 1.35. The highest BCUT2D eigenvalue weighted by molar-refractivity contribution is 8.17. The zero-order chi connectivity index (χ0) is 7.68. The Bertz CT molecular complexity index is 232. The fraction of sp³-hybridized carbons (Fsp3) is 0.571. The van der Waals surface area contributed by atoms with E-state index in [0.29, 0.717) is 5.17 Å². The number of nitrogens with one attached hydrogen (secondary N) is 1. The molecule has 0 radical (unpaired) electrons. The van der Waals surface area contributed by atoms with Crippen molar-refractivity contribution in [2.45, 2.75) is 25.7 Å². The van der Waals surface area contributed by atoms with E-state index in [0.717, 1.165) is 6.42 Å². The Morgan fingerprint density at radius 2 is 2.18 bits per heavy atom. The van der Waals surface area contributed by atoms with Crippen molar-refractivity contribution in [2.75, 3.05) is 0 Å². The maximum absolute atomic E-state index is 5.56. The van der Waals surface area contributed by atoms with Crippen LogP contribution >= 0.6 is 11.8 Å². The first-order valence-corrected chi connectivity index (χ1v) is 4.67. The van der Waals surface area contributed by atoms with Gasteiger partial charge in [0.05, 0.1) is 0 Å². The highest BCUT2D eigenvalue weighted by atomic mass is 32.2. The predicted octanol–water partition coefficient (Wildman–Crippen LogP) is 1.34. The van der Waals surface area contributed by atoms with Crippen LogP contribution in [0.15, 0.2) is 15.7 Å². The molecule has 0 atom stereocenters. The van der Waals surface area contributed by atoms with Crippen LogP contribution in [0.2, 0.25) is 0 Å². The van der Waals surface area contributed by atoms with Crippen LogP contribution in [-0.2, 0) is 0 Å². The van der Waals surface area contributed by atoms with Gasteiger partial charge in [-0.05, 0) is 25.7 Å². The number of nitrogens with two attached hydrogens (primary N) is 1. The molecule has 0 amide bonds. The lowest BCUT2D eigenvalue weighted by atomic mass is 10.1. The summed E-state index contributed by atoms with van der Waals surface area (Å²) in [6, 6.07) is 0. The minimum Gasteiger partial charge on any atom is -0.377 e. The summed E-state index contributed by atoms with van der Waals surface area (Å²) in [4.78, 5) is 1.39. The first kappa shape index (κ1) is 7.03. The zero-order valence-corrected chi connectivity index (χ0v) is 7.08. The summed E-state index contributed by atoms with van der Waals surface area (Å²) in [5, 5.41) is 4.61. The molecule has 0 aromatic heterocycles. The number of hydrogen-bond donors (Lipinski definition) is 2. The highest BCUT2D eigenvalue weighted by Crippen LogP contribution is 2.33. The molecule has 0 aromatic carbocycles. The summed E-state index contributed by atoms with van der Waals surface area (Å²) in [6.45, 7) is 0. The fourth-order valence-corrected chi connectivity index (χ4v) is 2.24. The number of nitrogens with zero attached hydrogens (tertiary/aromatic N) is 1. The van der Waals surface area contributed by atoms with Crippen molar-refractivity contribution in [2.24, 2.45) is 10.8 Å². The highest BCUT2D eigenvalue weighted by Gasteiger charge is 2.17. The number of hydrogen-bond acceptors (Lipinski definition) is 4. The molecule has 1 aliphatic heterocycles. The quantitative estimate of drug-likeness (QED) is 0.575. The lowest BCUT2D eigenvalue weighted by Gasteiger charge is -2.22. The number of rotatable bonds is 0. The maximum atomic E-state index is 5.56. The molecule has 3 nitrogen and oxygen atoms in total. The molecule has 2 aliphatic rings. The van der Waals surface area contributed by atoms with Crippen LogP contribution in [0.5, 0.6) is 0 Å². The standard InChI is InChI=1S/C7H11N3S/c8-7-10-9-5-3-1-2-4-6(5)11-7/h9H,1-4H2,(H2,8,10). The van der Waals surface area contributed by atoms with Crippen molar-refractivity contribution in [3.63, 3.8) is 0 Å². The van der Waals surface area contributed by atoms with Crippen molar-refractivity contribution in [3.8, 4) is 0 Å². The molecule has 11 heavy (non-hydrogen) atoms. The van der Waals surface area contributed by atoms with Crippen molar-refractivity contribution >= 4 is 16.9 Å². The molecule has 2 rings (SSSR count). The molecule has 0 fully saturated rings. The van der Waals surface area contributed by atoms with E-state index >= 15 is 0 Å². The Morgan fingerprint density at radius 3 is 3.09 bits per heavy atom. The molecule has 0 bridgehead atoms. The average molecular weight is 169 g/mol. The molecule has 0 saturated heterocycles. The SMILES string of the molecule is NC1=NNC2=C(CCCC2)S1. The largest absolute Gasteiger partial charge is 0.377 e. The van der Waals surface area contributed by atoms with E-state index < -0.39 is 0 Å². The summed E-state index contributed by atoms with van der Waals surface area (Å²) in [6.07, 6.45) is 4.88. The van der Waals surface area contributed by atoms with Gasteiger partial charge in [-0.25, -0.2) is 0 Å². The van der Waals surface area contributed by atoms with Gasteiger partial charge in [-0.1, -0.05) is 11.8 Å². The molecule has 3 N–H and O–H groups in total. The molecule has 0 spiro atoms. The molecule has 0 aromatic rings. The Morgan fingerprint density at radius 1 is 1.36 bits per heavy atom. The van der Waals surface area contributed by atoms with E-state index in [-0.39, 0.29) is 0 Å². The van der Waals surface area contributed by atoms with Crippen LogP contribution in [0, 0.1) is 0 Å². The van der Waals surface area contributed by atoms with Gasteiger partial charge >= 0.3 is 0 Å². The van der Waals surface area contributed by atoms with E-state index in [1.165, 1.54) is 29.9 Å². The first-order valence-electron chi connectivity index (χ1n) is 3.85. The van der Waals surface area contributed by atoms with Crippen LogP contribution < -0.4 is 11.2 Å². The summed E-state index contributed by atoms with van der Waals surface area (Å²) in [5.74, 6) is 0. The van der Waals surface area contributed by atoms with E-state index in [4.69, 9.17) is 5.73 Å². The smallest absolute Gasteiger partial charge is 0.182 e. The van der Waals surface area contributed by atoms with E-state index in [1.54, 1.807) is 11.8 Å². The first-order chi connectivity index (χ1) is 5.36. The molecular weight excluding hydrogens is 158 g/mol. The van der Waals surface area contributed by atoms with E-state index in [2.05, 4.69) is 10.5 Å². The number of hydrazone groups is 1. The van der Waals surface area contributed by atoms with Crippen LogP contribution in [0.25, 0.3) is 0 Å². The van der Waals surface area contributed by atoms with Crippen molar-refractivity contribution in [3.05, 3.63) is 10.6 Å². The van der Waals surface area contributed by atoms with Crippen molar-refractivity contribution in [1.82, 2.24) is 5.43 Å². The van der Waals surface area contributed by atoms with Gasteiger partial charge in [0.15, 0.2) is 5.17 Å². The lowest BCUT2D eigenvalue weighted by Crippen LogP contribution is -2.22. The topological polar surface area (TPSA) is 50.4 Å². The van der Waals surface area contributed by atoms with Crippen LogP contribution in [0.4, 0.5) is 0 Å². The third-order valence-electron chi connectivity index (χ3n) is 1.95. The van der Waals surface area contributed by atoms with Gasteiger partial charge in [0.2, 0.25) is 0 Å². The molecular formula is C7H11N3S. The number of allylic oxidation sites excluding steroid dienone is 2. The normalized spacial score (nSPS) is 23.8. The van der Waals surface area contributed by atoms with Gasteiger partial charge in [-0.3, -0.25) is 5.43 Å². The van der Waals surface area contributed by atoms with Gasteiger partial charge in [0.1, 0.15) is 0 Å². The number of amidine groups is 1. The second kappa shape index (κ2) is 2.77. The minimum absolute atomic E-state index is 0.644. The summed E-state index contributed by atoms with van der Waals surface area (Å²) in [5.41, 5.74) is 9.84. The van der Waals surface area contributed by atoms with Gasteiger partial charge < -0.3 is 5.73 Å². The van der Waals surface area contributed by atoms with Gasteiger partial charge in [-0.2, -0.15) is 5.10 Å². The molecule has 0 saturated carbocycles.